The SMILES string of the molecule is Cc1c(F)cc(NC(C(=O)O)C(C)C)c(F)c1F. The zero-order valence-electron chi connectivity index (χ0n) is 10.2. The van der Waals surface area contributed by atoms with Gasteiger partial charge in [0.25, 0.3) is 0 Å². The zero-order chi connectivity index (χ0) is 14.0. The minimum atomic E-state index is -1.31. The molecular formula is C12H14F3NO2. The van der Waals surface area contributed by atoms with E-state index >= 15 is 0 Å². The van der Waals surface area contributed by atoms with Gasteiger partial charge in [-0.25, -0.2) is 18.0 Å². The number of rotatable bonds is 4. The number of nitrogens with one attached hydrogen (secondary N) is 1. The van der Waals surface area contributed by atoms with Gasteiger partial charge in [-0.2, -0.15) is 0 Å². The van der Waals surface area contributed by atoms with Crippen LogP contribution in [0.3, 0.4) is 0 Å². The van der Waals surface area contributed by atoms with Gasteiger partial charge in [-0.3, -0.25) is 0 Å². The molecule has 1 aromatic rings. The normalized spacial score (nSPS) is 12.6. The van der Waals surface area contributed by atoms with Gasteiger partial charge in [0.05, 0.1) is 5.69 Å². The second-order valence-electron chi connectivity index (χ2n) is 4.36. The first kappa shape index (κ1) is 14.3. The summed E-state index contributed by atoms with van der Waals surface area (Å²) in [5.74, 6) is -5.10. The van der Waals surface area contributed by atoms with Crippen LogP contribution in [-0.4, -0.2) is 17.1 Å². The molecule has 0 aliphatic rings. The Kier molecular flexibility index (Phi) is 4.21. The first-order valence-corrected chi connectivity index (χ1v) is 5.39. The summed E-state index contributed by atoms with van der Waals surface area (Å²) in [5, 5.41) is 11.2. The molecule has 18 heavy (non-hydrogen) atoms. The fraction of sp³-hybridized carbons (Fsp3) is 0.417. The highest BCUT2D eigenvalue weighted by atomic mass is 19.2. The molecule has 0 spiro atoms. The molecule has 0 saturated heterocycles. The summed E-state index contributed by atoms with van der Waals surface area (Å²) in [7, 11) is 0. The Labute approximate surface area is 103 Å². The molecular weight excluding hydrogens is 247 g/mol. The minimum absolute atomic E-state index is 0.366. The molecule has 3 nitrogen and oxygen atoms in total. The summed E-state index contributed by atoms with van der Waals surface area (Å²) >= 11 is 0. The maximum absolute atomic E-state index is 13.5. The lowest BCUT2D eigenvalue weighted by atomic mass is 10.0. The summed E-state index contributed by atoms with van der Waals surface area (Å²) in [4.78, 5) is 10.9. The van der Waals surface area contributed by atoms with Crippen molar-refractivity contribution >= 4 is 11.7 Å². The number of benzene rings is 1. The Morgan fingerprint density at radius 1 is 1.28 bits per heavy atom. The molecule has 0 aliphatic heterocycles. The molecule has 2 N–H and O–H groups in total. The third kappa shape index (κ3) is 2.75. The Morgan fingerprint density at radius 2 is 1.83 bits per heavy atom. The van der Waals surface area contributed by atoms with Crippen molar-refractivity contribution in [1.29, 1.82) is 0 Å². The number of carbonyl (C=O) groups is 1. The van der Waals surface area contributed by atoms with Gasteiger partial charge in [0, 0.05) is 11.6 Å². The second kappa shape index (κ2) is 5.29. The quantitative estimate of drug-likeness (QED) is 0.819. The summed E-state index contributed by atoms with van der Waals surface area (Å²) in [6.45, 7) is 4.31. The smallest absolute Gasteiger partial charge is 0.326 e. The molecule has 0 fully saturated rings. The highest BCUT2D eigenvalue weighted by Gasteiger charge is 2.24. The first-order valence-electron chi connectivity index (χ1n) is 5.39. The number of carboxylic acids is 1. The average molecular weight is 261 g/mol. The molecule has 100 valence electrons. The summed E-state index contributed by atoms with van der Waals surface area (Å²) in [6.07, 6.45) is 0. The van der Waals surface area contributed by atoms with Crippen LogP contribution in [0.15, 0.2) is 6.07 Å². The van der Waals surface area contributed by atoms with E-state index in [2.05, 4.69) is 5.32 Å². The van der Waals surface area contributed by atoms with E-state index in [0.717, 1.165) is 13.0 Å². The Bertz CT molecular complexity index is 475. The summed E-state index contributed by atoms with van der Waals surface area (Å²) in [5.41, 5.74) is -0.925. The lowest BCUT2D eigenvalue weighted by Crippen LogP contribution is -2.34. The van der Waals surface area contributed by atoms with Crippen molar-refractivity contribution in [3.8, 4) is 0 Å². The Morgan fingerprint density at radius 3 is 2.28 bits per heavy atom. The molecule has 1 rings (SSSR count). The average Bonchev–Trinajstić information content (AvgIpc) is 2.28. The summed E-state index contributed by atoms with van der Waals surface area (Å²) in [6, 6.07) is -0.368. The summed E-state index contributed by atoms with van der Waals surface area (Å²) < 4.78 is 40.1. The van der Waals surface area contributed by atoms with Gasteiger partial charge in [0.15, 0.2) is 11.6 Å². The van der Waals surface area contributed by atoms with Crippen LogP contribution in [0.5, 0.6) is 0 Å². The Hall–Kier alpha value is -1.72. The topological polar surface area (TPSA) is 49.3 Å². The van der Waals surface area contributed by atoms with E-state index in [1.54, 1.807) is 13.8 Å². The van der Waals surface area contributed by atoms with Crippen molar-refractivity contribution in [3.05, 3.63) is 29.1 Å². The van der Waals surface area contributed by atoms with Crippen molar-refractivity contribution < 1.29 is 23.1 Å². The van der Waals surface area contributed by atoms with Crippen LogP contribution in [-0.2, 0) is 4.79 Å². The number of halogens is 3. The van der Waals surface area contributed by atoms with Gasteiger partial charge in [-0.1, -0.05) is 13.8 Å². The maximum atomic E-state index is 13.5. The van der Waals surface area contributed by atoms with Crippen molar-refractivity contribution in [2.75, 3.05) is 5.32 Å². The maximum Gasteiger partial charge on any atom is 0.326 e. The van der Waals surface area contributed by atoms with Gasteiger partial charge >= 0.3 is 5.97 Å². The number of anilines is 1. The van der Waals surface area contributed by atoms with E-state index in [1.165, 1.54) is 0 Å². The highest BCUT2D eigenvalue weighted by Crippen LogP contribution is 2.24. The molecule has 0 radical (unpaired) electrons. The predicted octanol–water partition coefficient (Wildman–Crippen LogP) is 2.93. The molecule has 1 unspecified atom stereocenters. The van der Waals surface area contributed by atoms with E-state index in [1.807, 2.05) is 0 Å². The third-order valence-electron chi connectivity index (χ3n) is 2.63. The Balaban J connectivity index is 3.15. The van der Waals surface area contributed by atoms with Crippen LogP contribution < -0.4 is 5.32 Å². The molecule has 0 heterocycles. The molecule has 0 amide bonds. The van der Waals surface area contributed by atoms with Crippen molar-refractivity contribution in [3.63, 3.8) is 0 Å². The number of hydrogen-bond donors (Lipinski definition) is 2. The van der Waals surface area contributed by atoms with Gasteiger partial charge in [0.2, 0.25) is 0 Å². The van der Waals surface area contributed by atoms with E-state index in [4.69, 9.17) is 5.11 Å². The van der Waals surface area contributed by atoms with Crippen LogP contribution in [0.2, 0.25) is 0 Å². The molecule has 1 atom stereocenters. The van der Waals surface area contributed by atoms with Gasteiger partial charge < -0.3 is 10.4 Å². The van der Waals surface area contributed by atoms with Crippen LogP contribution in [0, 0.1) is 30.3 Å². The number of hydrogen-bond acceptors (Lipinski definition) is 2. The van der Waals surface area contributed by atoms with Crippen LogP contribution in [0.1, 0.15) is 19.4 Å². The monoisotopic (exact) mass is 261 g/mol. The standard InChI is InChI=1S/C12H14F3NO2/c1-5(2)11(12(17)18)16-8-4-7(13)6(3)9(14)10(8)15/h4-5,11,16H,1-3H3,(H,17,18). The third-order valence-corrected chi connectivity index (χ3v) is 2.63. The van der Waals surface area contributed by atoms with E-state index in [-0.39, 0.29) is 5.92 Å². The molecule has 6 heteroatoms. The van der Waals surface area contributed by atoms with Crippen molar-refractivity contribution in [1.82, 2.24) is 0 Å². The molecule has 0 saturated carbocycles. The van der Waals surface area contributed by atoms with Crippen molar-refractivity contribution in [2.24, 2.45) is 5.92 Å². The van der Waals surface area contributed by atoms with Crippen LogP contribution in [0.25, 0.3) is 0 Å². The predicted molar refractivity (Wildman–Crippen MR) is 60.9 cm³/mol. The number of carboxylic acid groups (broad SMARTS) is 1. The fourth-order valence-corrected chi connectivity index (χ4v) is 1.47. The molecule has 0 bridgehead atoms. The largest absolute Gasteiger partial charge is 0.480 e. The highest BCUT2D eigenvalue weighted by molar-refractivity contribution is 5.77. The fourth-order valence-electron chi connectivity index (χ4n) is 1.47. The molecule has 0 aromatic heterocycles. The second-order valence-corrected chi connectivity index (χ2v) is 4.36. The van der Waals surface area contributed by atoms with Gasteiger partial charge in [-0.15, -0.1) is 0 Å². The molecule has 0 aliphatic carbocycles. The van der Waals surface area contributed by atoms with E-state index in [9.17, 15) is 18.0 Å². The van der Waals surface area contributed by atoms with Crippen LogP contribution in [0.4, 0.5) is 18.9 Å². The van der Waals surface area contributed by atoms with E-state index < -0.39 is 40.7 Å². The zero-order valence-corrected chi connectivity index (χ0v) is 10.2. The van der Waals surface area contributed by atoms with Gasteiger partial charge in [-0.05, 0) is 12.8 Å². The minimum Gasteiger partial charge on any atom is -0.480 e. The van der Waals surface area contributed by atoms with Gasteiger partial charge in [0.1, 0.15) is 11.9 Å². The van der Waals surface area contributed by atoms with Crippen molar-refractivity contribution in [2.45, 2.75) is 26.8 Å². The van der Waals surface area contributed by atoms with E-state index in [0.29, 0.717) is 0 Å². The first-order chi connectivity index (χ1) is 8.25. The lowest BCUT2D eigenvalue weighted by Gasteiger charge is -2.20. The number of aliphatic carboxylic acids is 1. The molecule has 1 aromatic carbocycles. The lowest BCUT2D eigenvalue weighted by molar-refractivity contribution is -0.138. The van der Waals surface area contributed by atoms with Crippen LogP contribution >= 0.6 is 0 Å².